The van der Waals surface area contributed by atoms with Crippen LogP contribution in [0, 0.1) is 0 Å². The maximum atomic E-state index is 6.25. The summed E-state index contributed by atoms with van der Waals surface area (Å²) in [5.74, 6) is 0. The van der Waals surface area contributed by atoms with E-state index in [2.05, 4.69) is 27.1 Å². The predicted molar refractivity (Wildman–Crippen MR) is 107 cm³/mol. The molecule has 0 amide bonds. The quantitative estimate of drug-likeness (QED) is 0.705. The van der Waals surface area contributed by atoms with Crippen LogP contribution in [0.3, 0.4) is 0 Å². The van der Waals surface area contributed by atoms with Crippen molar-refractivity contribution in [2.75, 3.05) is 26.2 Å². The average molecular weight is 374 g/mol. The van der Waals surface area contributed by atoms with E-state index in [-0.39, 0.29) is 0 Å². The topological polar surface area (TPSA) is 18.8 Å². The fraction of sp³-hybridized carbons (Fsp3) is 0.250. The van der Waals surface area contributed by atoms with Crippen LogP contribution in [-0.4, -0.2) is 42.3 Å². The Hall–Kier alpha value is -1.81. The van der Waals surface area contributed by atoms with Gasteiger partial charge in [-0.25, -0.2) is 0 Å². The highest BCUT2D eigenvalue weighted by Gasteiger charge is 2.15. The summed E-state index contributed by atoms with van der Waals surface area (Å²) in [5.41, 5.74) is 2.36. The van der Waals surface area contributed by atoms with Crippen LogP contribution in [0.4, 0.5) is 0 Å². The van der Waals surface area contributed by atoms with Gasteiger partial charge in [-0.2, -0.15) is 5.10 Å². The van der Waals surface area contributed by atoms with Crippen LogP contribution in [0.25, 0.3) is 6.08 Å². The first-order valence-electron chi connectivity index (χ1n) is 8.37. The van der Waals surface area contributed by atoms with Gasteiger partial charge in [0.1, 0.15) is 0 Å². The summed E-state index contributed by atoms with van der Waals surface area (Å²) < 4.78 is 0. The SMILES string of the molecule is ClC(/C=N\N1CCN(Cc2ccc(Cl)cc2)CC1)=C\c1ccccc1. The molecule has 25 heavy (non-hydrogen) atoms. The molecule has 3 rings (SSSR count). The molecule has 1 heterocycles. The second kappa shape index (κ2) is 9.04. The van der Waals surface area contributed by atoms with Crippen LogP contribution in [0.5, 0.6) is 0 Å². The number of hydrazone groups is 1. The highest BCUT2D eigenvalue weighted by atomic mass is 35.5. The van der Waals surface area contributed by atoms with Crippen LogP contribution in [0.1, 0.15) is 11.1 Å². The third-order valence-corrected chi connectivity index (χ3v) is 4.58. The Kier molecular flexibility index (Phi) is 6.51. The first-order chi connectivity index (χ1) is 12.2. The fourth-order valence-corrected chi connectivity index (χ4v) is 3.04. The molecule has 1 saturated heterocycles. The molecule has 0 aromatic heterocycles. The molecule has 0 atom stereocenters. The Labute approximate surface area is 159 Å². The lowest BCUT2D eigenvalue weighted by molar-refractivity contribution is 0.131. The van der Waals surface area contributed by atoms with E-state index in [1.54, 1.807) is 6.21 Å². The summed E-state index contributed by atoms with van der Waals surface area (Å²) in [4.78, 5) is 2.43. The van der Waals surface area contributed by atoms with E-state index in [1.165, 1.54) is 5.56 Å². The zero-order valence-corrected chi connectivity index (χ0v) is 15.5. The molecule has 0 aliphatic carbocycles. The molecule has 0 unspecified atom stereocenters. The molecule has 130 valence electrons. The number of allylic oxidation sites excluding steroid dienone is 1. The monoisotopic (exact) mass is 373 g/mol. The van der Waals surface area contributed by atoms with E-state index < -0.39 is 0 Å². The van der Waals surface area contributed by atoms with Crippen molar-refractivity contribution in [1.82, 2.24) is 9.91 Å². The molecule has 2 aromatic carbocycles. The second-order valence-electron chi connectivity index (χ2n) is 6.04. The molecular weight excluding hydrogens is 353 g/mol. The fourth-order valence-electron chi connectivity index (χ4n) is 2.74. The van der Waals surface area contributed by atoms with Crippen molar-refractivity contribution in [3.63, 3.8) is 0 Å². The lowest BCUT2D eigenvalue weighted by atomic mass is 10.2. The summed E-state index contributed by atoms with van der Waals surface area (Å²) >= 11 is 12.2. The lowest BCUT2D eigenvalue weighted by Gasteiger charge is -2.33. The van der Waals surface area contributed by atoms with Crippen LogP contribution >= 0.6 is 23.2 Å². The number of hydrogen-bond acceptors (Lipinski definition) is 3. The van der Waals surface area contributed by atoms with Gasteiger partial charge in [-0.05, 0) is 29.3 Å². The summed E-state index contributed by atoms with van der Waals surface area (Å²) in [6, 6.07) is 18.1. The largest absolute Gasteiger partial charge is 0.295 e. The molecule has 0 radical (unpaired) electrons. The zero-order valence-electron chi connectivity index (χ0n) is 14.0. The smallest absolute Gasteiger partial charge is 0.0657 e. The maximum absolute atomic E-state index is 6.25. The van der Waals surface area contributed by atoms with Crippen molar-refractivity contribution in [2.45, 2.75) is 6.54 Å². The van der Waals surface area contributed by atoms with Gasteiger partial charge in [0, 0.05) is 37.7 Å². The molecule has 1 aliphatic heterocycles. The van der Waals surface area contributed by atoms with Crippen LogP contribution in [-0.2, 0) is 6.54 Å². The van der Waals surface area contributed by atoms with Gasteiger partial charge in [0.2, 0.25) is 0 Å². The van der Waals surface area contributed by atoms with Crippen molar-refractivity contribution in [3.8, 4) is 0 Å². The minimum atomic E-state index is 0.634. The zero-order chi connectivity index (χ0) is 17.5. The van der Waals surface area contributed by atoms with Crippen molar-refractivity contribution < 1.29 is 0 Å². The number of nitrogens with zero attached hydrogens (tertiary/aromatic N) is 3. The van der Waals surface area contributed by atoms with Gasteiger partial charge in [-0.1, -0.05) is 65.7 Å². The third kappa shape index (κ3) is 5.89. The number of rotatable bonds is 5. The van der Waals surface area contributed by atoms with Gasteiger partial charge in [-0.15, -0.1) is 0 Å². The van der Waals surface area contributed by atoms with E-state index in [4.69, 9.17) is 23.2 Å². The van der Waals surface area contributed by atoms with Crippen molar-refractivity contribution >= 4 is 35.5 Å². The normalized spacial score (nSPS) is 16.6. The molecule has 5 heteroatoms. The van der Waals surface area contributed by atoms with Gasteiger partial charge >= 0.3 is 0 Å². The average Bonchev–Trinajstić information content (AvgIpc) is 2.64. The first-order valence-corrected chi connectivity index (χ1v) is 9.12. The molecule has 2 aromatic rings. The minimum absolute atomic E-state index is 0.634. The Morgan fingerprint density at radius 2 is 1.64 bits per heavy atom. The molecule has 1 aliphatic rings. The number of halogens is 2. The maximum Gasteiger partial charge on any atom is 0.0657 e. The summed E-state index contributed by atoms with van der Waals surface area (Å²) in [6.45, 7) is 4.72. The predicted octanol–water partition coefficient (Wildman–Crippen LogP) is 4.72. The summed E-state index contributed by atoms with van der Waals surface area (Å²) in [5, 5.41) is 7.98. The Bertz CT molecular complexity index is 718. The van der Waals surface area contributed by atoms with Gasteiger partial charge in [-0.3, -0.25) is 9.91 Å². The van der Waals surface area contributed by atoms with Crippen molar-refractivity contribution in [2.24, 2.45) is 5.10 Å². The highest BCUT2D eigenvalue weighted by Crippen LogP contribution is 2.13. The number of benzene rings is 2. The molecule has 0 N–H and O–H groups in total. The Balaban J connectivity index is 1.47. The molecule has 3 nitrogen and oxygen atoms in total. The Morgan fingerprint density at radius 1 is 0.960 bits per heavy atom. The summed E-state index contributed by atoms with van der Waals surface area (Å²) in [6.07, 6.45) is 3.64. The number of hydrogen-bond donors (Lipinski definition) is 0. The van der Waals surface area contributed by atoms with Crippen molar-refractivity contribution in [1.29, 1.82) is 0 Å². The third-order valence-electron chi connectivity index (χ3n) is 4.12. The van der Waals surface area contributed by atoms with E-state index >= 15 is 0 Å². The minimum Gasteiger partial charge on any atom is -0.295 e. The van der Waals surface area contributed by atoms with E-state index in [0.717, 1.165) is 43.3 Å². The van der Waals surface area contributed by atoms with Crippen LogP contribution in [0.2, 0.25) is 5.02 Å². The number of piperazine rings is 1. The standard InChI is InChI=1S/C20H21Cl2N3/c21-19-8-6-18(7-9-19)16-24-10-12-25(13-11-24)23-15-20(22)14-17-4-2-1-3-5-17/h1-9,14-15H,10-13,16H2/b20-14-,23-15-. The van der Waals surface area contributed by atoms with Crippen molar-refractivity contribution in [3.05, 3.63) is 75.8 Å². The van der Waals surface area contributed by atoms with Gasteiger partial charge in [0.05, 0.1) is 11.2 Å². The summed E-state index contributed by atoms with van der Waals surface area (Å²) in [7, 11) is 0. The van der Waals surface area contributed by atoms with E-state index in [0.29, 0.717) is 5.03 Å². The lowest BCUT2D eigenvalue weighted by Crippen LogP contribution is -2.43. The molecular formula is C20H21Cl2N3. The van der Waals surface area contributed by atoms with E-state index in [9.17, 15) is 0 Å². The second-order valence-corrected chi connectivity index (χ2v) is 6.91. The molecule has 1 fully saturated rings. The van der Waals surface area contributed by atoms with Gasteiger partial charge in [0.25, 0.3) is 0 Å². The van der Waals surface area contributed by atoms with E-state index in [1.807, 2.05) is 48.5 Å². The first kappa shape index (κ1) is 18.0. The van der Waals surface area contributed by atoms with Crippen LogP contribution < -0.4 is 0 Å². The van der Waals surface area contributed by atoms with Crippen LogP contribution in [0.15, 0.2) is 64.7 Å². The van der Waals surface area contributed by atoms with Gasteiger partial charge < -0.3 is 0 Å². The molecule has 0 spiro atoms. The molecule has 0 bridgehead atoms. The molecule has 0 saturated carbocycles. The van der Waals surface area contributed by atoms with Gasteiger partial charge in [0.15, 0.2) is 0 Å². The highest BCUT2D eigenvalue weighted by molar-refractivity contribution is 6.41. The Morgan fingerprint density at radius 3 is 2.32 bits per heavy atom.